The zero-order valence-electron chi connectivity index (χ0n) is 11.9. The fourth-order valence-electron chi connectivity index (χ4n) is 2.61. The molecule has 1 aliphatic heterocycles. The zero-order chi connectivity index (χ0) is 15.3. The number of nitrogens with one attached hydrogen (secondary N) is 1. The first-order chi connectivity index (χ1) is 9.94. The van der Waals surface area contributed by atoms with Crippen LogP contribution in [-0.2, 0) is 21.4 Å². The number of rotatable bonds is 5. The van der Waals surface area contributed by atoms with Crippen LogP contribution in [0.4, 0.5) is 0 Å². The molecule has 0 saturated carbocycles. The Morgan fingerprint density at radius 2 is 1.86 bits per heavy atom. The molecule has 0 aromatic heterocycles. The molecule has 0 aliphatic carbocycles. The topological polar surface area (TPSA) is 92.5 Å². The van der Waals surface area contributed by atoms with Crippen molar-refractivity contribution in [2.75, 3.05) is 19.6 Å². The Bertz CT molecular complexity index is 566. The van der Waals surface area contributed by atoms with Gasteiger partial charge in [0.1, 0.15) is 0 Å². The molecule has 0 unspecified atom stereocenters. The third-order valence-corrected chi connectivity index (χ3v) is 4.31. The normalized spacial score (nSPS) is 16.9. The Kier molecular flexibility index (Phi) is 5.33. The van der Waals surface area contributed by atoms with E-state index in [-0.39, 0.29) is 12.5 Å². The lowest BCUT2D eigenvalue weighted by Gasteiger charge is -2.32. The molecule has 1 saturated heterocycles. The maximum absolute atomic E-state index is 11.9. The highest BCUT2D eigenvalue weighted by Gasteiger charge is 2.23. The summed E-state index contributed by atoms with van der Waals surface area (Å²) in [5, 5.41) is 4.81. The van der Waals surface area contributed by atoms with E-state index < -0.39 is 10.2 Å². The molecule has 1 aliphatic rings. The van der Waals surface area contributed by atoms with E-state index in [0.717, 1.165) is 19.3 Å². The van der Waals surface area contributed by atoms with Crippen LogP contribution in [0.2, 0.25) is 0 Å². The summed E-state index contributed by atoms with van der Waals surface area (Å²) >= 11 is 0. The van der Waals surface area contributed by atoms with E-state index in [1.54, 1.807) is 4.90 Å². The Morgan fingerprint density at radius 3 is 2.43 bits per heavy atom. The first-order valence-electron chi connectivity index (χ1n) is 7.03. The number of carbonyl (C=O) groups is 1. The molecule has 116 valence electrons. The number of nitrogens with two attached hydrogens (primary N) is 1. The van der Waals surface area contributed by atoms with Crippen molar-refractivity contribution in [1.82, 2.24) is 9.62 Å². The molecule has 7 heteroatoms. The second kappa shape index (κ2) is 7.02. The number of piperidine rings is 1. The number of carbonyl (C=O) groups excluding carboxylic acids is 1. The molecule has 0 bridgehead atoms. The molecule has 1 heterocycles. The van der Waals surface area contributed by atoms with E-state index in [2.05, 4.69) is 12.1 Å². The van der Waals surface area contributed by atoms with Gasteiger partial charge in [-0.25, -0.2) is 5.14 Å². The largest absolute Gasteiger partial charge is 0.342 e. The molecule has 6 nitrogen and oxygen atoms in total. The maximum atomic E-state index is 11.9. The quantitative estimate of drug-likeness (QED) is 0.817. The monoisotopic (exact) mass is 311 g/mol. The minimum Gasteiger partial charge on any atom is -0.342 e. The third kappa shape index (κ3) is 5.45. The second-order valence-electron chi connectivity index (χ2n) is 5.38. The van der Waals surface area contributed by atoms with Crippen LogP contribution in [0.5, 0.6) is 0 Å². The number of amides is 1. The standard InChI is InChI=1S/C14H21N3O3S/c15-21(19,20)16-11-14(18)17-8-6-13(7-9-17)10-12-4-2-1-3-5-12/h1-5,13,16H,6-11H2,(H2,15,19,20). The molecule has 1 aromatic carbocycles. The molecule has 3 N–H and O–H groups in total. The second-order valence-corrected chi connectivity index (χ2v) is 6.76. The molecule has 0 spiro atoms. The van der Waals surface area contributed by atoms with E-state index in [4.69, 9.17) is 5.14 Å². The van der Waals surface area contributed by atoms with Gasteiger partial charge in [-0.05, 0) is 30.7 Å². The summed E-state index contributed by atoms with van der Waals surface area (Å²) < 4.78 is 23.6. The first kappa shape index (κ1) is 15.9. The average molecular weight is 311 g/mol. The minimum atomic E-state index is -3.81. The molecule has 0 radical (unpaired) electrons. The van der Waals surface area contributed by atoms with Crippen molar-refractivity contribution in [3.8, 4) is 0 Å². The molecule has 2 rings (SSSR count). The van der Waals surface area contributed by atoms with E-state index in [0.29, 0.717) is 19.0 Å². The summed E-state index contributed by atoms with van der Waals surface area (Å²) in [4.78, 5) is 13.5. The highest BCUT2D eigenvalue weighted by molar-refractivity contribution is 7.87. The van der Waals surface area contributed by atoms with E-state index in [9.17, 15) is 13.2 Å². The van der Waals surface area contributed by atoms with Crippen molar-refractivity contribution in [1.29, 1.82) is 0 Å². The number of benzene rings is 1. The minimum absolute atomic E-state index is 0.220. The van der Waals surface area contributed by atoms with Crippen molar-refractivity contribution in [2.24, 2.45) is 11.1 Å². The molecule has 1 amide bonds. The maximum Gasteiger partial charge on any atom is 0.274 e. The van der Waals surface area contributed by atoms with Crippen molar-refractivity contribution in [3.05, 3.63) is 35.9 Å². The first-order valence-corrected chi connectivity index (χ1v) is 8.58. The van der Waals surface area contributed by atoms with E-state index in [1.165, 1.54) is 5.56 Å². The Morgan fingerprint density at radius 1 is 1.24 bits per heavy atom. The average Bonchev–Trinajstić information content (AvgIpc) is 2.46. The fourth-order valence-corrected chi connectivity index (χ4v) is 2.93. The van der Waals surface area contributed by atoms with Crippen molar-refractivity contribution in [2.45, 2.75) is 19.3 Å². The molecular formula is C14H21N3O3S. The van der Waals surface area contributed by atoms with Crippen LogP contribution >= 0.6 is 0 Å². The van der Waals surface area contributed by atoms with Gasteiger partial charge in [-0.3, -0.25) is 4.79 Å². The SMILES string of the molecule is NS(=O)(=O)NCC(=O)N1CCC(Cc2ccccc2)CC1. The highest BCUT2D eigenvalue weighted by atomic mass is 32.2. The number of likely N-dealkylation sites (tertiary alicyclic amines) is 1. The smallest absolute Gasteiger partial charge is 0.274 e. The Hall–Kier alpha value is -1.44. The van der Waals surface area contributed by atoms with Crippen molar-refractivity contribution >= 4 is 16.1 Å². The van der Waals surface area contributed by atoms with Gasteiger partial charge in [0, 0.05) is 13.1 Å². The van der Waals surface area contributed by atoms with Gasteiger partial charge in [0.2, 0.25) is 5.91 Å². The molecule has 1 fully saturated rings. The Balaban J connectivity index is 1.76. The van der Waals surface area contributed by atoms with Crippen LogP contribution in [0.3, 0.4) is 0 Å². The predicted octanol–water partition coefficient (Wildman–Crippen LogP) is 0.261. The van der Waals surface area contributed by atoms with Crippen LogP contribution in [0.1, 0.15) is 18.4 Å². The summed E-state index contributed by atoms with van der Waals surface area (Å²) in [5.74, 6) is 0.352. The van der Waals surface area contributed by atoms with E-state index >= 15 is 0 Å². The van der Waals surface area contributed by atoms with Crippen molar-refractivity contribution in [3.63, 3.8) is 0 Å². The summed E-state index contributed by atoms with van der Waals surface area (Å²) in [6.45, 7) is 1.08. The molecule has 21 heavy (non-hydrogen) atoms. The van der Waals surface area contributed by atoms with Crippen LogP contribution in [0, 0.1) is 5.92 Å². The summed E-state index contributed by atoms with van der Waals surface area (Å²) in [5.41, 5.74) is 1.32. The van der Waals surface area contributed by atoms with Crippen LogP contribution in [0.15, 0.2) is 30.3 Å². The zero-order valence-corrected chi connectivity index (χ0v) is 12.7. The molecular weight excluding hydrogens is 290 g/mol. The Labute approximate surface area is 125 Å². The van der Waals surface area contributed by atoms with Crippen LogP contribution in [0.25, 0.3) is 0 Å². The fraction of sp³-hybridized carbons (Fsp3) is 0.500. The lowest BCUT2D eigenvalue weighted by molar-refractivity contribution is -0.131. The van der Waals surface area contributed by atoms with Crippen LogP contribution < -0.4 is 9.86 Å². The third-order valence-electron chi connectivity index (χ3n) is 3.76. The van der Waals surface area contributed by atoms with Crippen LogP contribution in [-0.4, -0.2) is 38.9 Å². The summed E-state index contributed by atoms with van der Waals surface area (Å²) in [7, 11) is -3.81. The summed E-state index contributed by atoms with van der Waals surface area (Å²) in [6, 6.07) is 10.3. The van der Waals surface area contributed by atoms with Gasteiger partial charge >= 0.3 is 0 Å². The van der Waals surface area contributed by atoms with Gasteiger partial charge in [0.05, 0.1) is 6.54 Å². The predicted molar refractivity (Wildman–Crippen MR) is 80.6 cm³/mol. The number of hydrogen-bond donors (Lipinski definition) is 2. The number of hydrogen-bond acceptors (Lipinski definition) is 3. The van der Waals surface area contributed by atoms with Gasteiger partial charge in [0.25, 0.3) is 10.2 Å². The van der Waals surface area contributed by atoms with Gasteiger partial charge in [-0.15, -0.1) is 0 Å². The summed E-state index contributed by atoms with van der Waals surface area (Å²) in [6.07, 6.45) is 2.91. The lowest BCUT2D eigenvalue weighted by atomic mass is 9.90. The van der Waals surface area contributed by atoms with Gasteiger partial charge in [-0.2, -0.15) is 13.1 Å². The van der Waals surface area contributed by atoms with E-state index in [1.807, 2.05) is 22.9 Å². The highest BCUT2D eigenvalue weighted by Crippen LogP contribution is 2.21. The lowest BCUT2D eigenvalue weighted by Crippen LogP contribution is -2.45. The number of nitrogens with zero attached hydrogens (tertiary/aromatic N) is 1. The van der Waals surface area contributed by atoms with Crippen molar-refractivity contribution < 1.29 is 13.2 Å². The molecule has 0 atom stereocenters. The molecule has 1 aromatic rings. The van der Waals surface area contributed by atoms with Gasteiger partial charge in [0.15, 0.2) is 0 Å². The van der Waals surface area contributed by atoms with Gasteiger partial charge < -0.3 is 4.90 Å². The van der Waals surface area contributed by atoms with Gasteiger partial charge in [-0.1, -0.05) is 30.3 Å².